The van der Waals surface area contributed by atoms with Crippen molar-refractivity contribution in [3.8, 4) is 0 Å². The molecule has 0 bridgehead atoms. The van der Waals surface area contributed by atoms with Crippen molar-refractivity contribution in [2.24, 2.45) is 11.8 Å². The molecule has 0 aromatic heterocycles. The van der Waals surface area contributed by atoms with Gasteiger partial charge in [0, 0.05) is 19.0 Å². The molecule has 1 aromatic rings. The Bertz CT molecular complexity index is 665. The van der Waals surface area contributed by atoms with Crippen molar-refractivity contribution in [3.63, 3.8) is 0 Å². The van der Waals surface area contributed by atoms with Gasteiger partial charge in [0.05, 0.1) is 17.4 Å². The van der Waals surface area contributed by atoms with Crippen LogP contribution in [0.4, 0.5) is 0 Å². The van der Waals surface area contributed by atoms with Gasteiger partial charge in [0.1, 0.15) is 0 Å². The predicted molar refractivity (Wildman–Crippen MR) is 101 cm³/mol. The molecular weight excluding hydrogens is 344 g/mol. The molecule has 0 spiro atoms. The van der Waals surface area contributed by atoms with E-state index < -0.39 is 23.3 Å². The summed E-state index contributed by atoms with van der Waals surface area (Å²) in [5.41, 5.74) is 2.01. The Hall–Kier alpha value is -1.92. The number of hydrogen-bond acceptors (Lipinski definition) is 4. The second-order valence-corrected chi connectivity index (χ2v) is 8.09. The predicted octanol–water partition coefficient (Wildman–Crippen LogP) is 2.46. The summed E-state index contributed by atoms with van der Waals surface area (Å²) in [5, 5.41) is 19.9. The lowest BCUT2D eigenvalue weighted by atomic mass is 9.69. The first-order valence-electron chi connectivity index (χ1n) is 9.97. The van der Waals surface area contributed by atoms with Crippen LogP contribution in [0.3, 0.4) is 0 Å². The minimum atomic E-state index is -0.930. The summed E-state index contributed by atoms with van der Waals surface area (Å²) in [6.45, 7) is 3.33. The third-order valence-corrected chi connectivity index (χ3v) is 6.26. The molecule has 1 saturated carbocycles. The van der Waals surface area contributed by atoms with E-state index in [1.54, 1.807) is 5.48 Å². The zero-order chi connectivity index (χ0) is 19.4. The molecule has 3 rings (SSSR count). The molecule has 3 N–H and O–H groups in total. The van der Waals surface area contributed by atoms with Crippen molar-refractivity contribution in [2.75, 3.05) is 13.1 Å². The minimum Gasteiger partial charge on any atom is -0.390 e. The molecule has 2 fully saturated rings. The first kappa shape index (κ1) is 19.8. The number of rotatable bonds is 5. The van der Waals surface area contributed by atoms with Crippen LogP contribution in [-0.4, -0.2) is 45.7 Å². The van der Waals surface area contributed by atoms with Crippen molar-refractivity contribution in [1.29, 1.82) is 0 Å². The van der Waals surface area contributed by atoms with Crippen LogP contribution in [0.1, 0.15) is 56.9 Å². The minimum absolute atomic E-state index is 0.0272. The standard InChI is InChI=1S/C21H30N2O4/c1-2-10-21(26)11-8-17(18(13-21)19(24)22-27)20(25)23-12-9-16(14-23)15-6-4-3-5-7-15/h3-7,16-18,26-27H,2,8-14H2,1H3,(H,22,24)/t16-,17?,18?,21?/m0/s1. The number of aliphatic hydroxyl groups is 1. The molecule has 1 aliphatic heterocycles. The first-order chi connectivity index (χ1) is 13.0. The number of likely N-dealkylation sites (tertiary alicyclic amines) is 1. The van der Waals surface area contributed by atoms with Crippen LogP contribution in [0, 0.1) is 11.8 Å². The first-order valence-corrected chi connectivity index (χ1v) is 9.97. The van der Waals surface area contributed by atoms with Crippen molar-refractivity contribution in [2.45, 2.75) is 57.0 Å². The van der Waals surface area contributed by atoms with Crippen molar-refractivity contribution in [3.05, 3.63) is 35.9 Å². The molecule has 3 unspecified atom stereocenters. The van der Waals surface area contributed by atoms with E-state index in [-0.39, 0.29) is 12.3 Å². The van der Waals surface area contributed by atoms with E-state index in [9.17, 15) is 14.7 Å². The van der Waals surface area contributed by atoms with Crippen LogP contribution >= 0.6 is 0 Å². The smallest absolute Gasteiger partial charge is 0.247 e. The topological polar surface area (TPSA) is 89.9 Å². The number of nitrogens with zero attached hydrogens (tertiary/aromatic N) is 1. The van der Waals surface area contributed by atoms with Crippen LogP contribution in [0.25, 0.3) is 0 Å². The van der Waals surface area contributed by atoms with E-state index in [1.165, 1.54) is 5.56 Å². The Morgan fingerprint density at radius 1 is 1.22 bits per heavy atom. The molecule has 148 valence electrons. The number of hydroxylamine groups is 1. The maximum atomic E-state index is 13.2. The zero-order valence-electron chi connectivity index (χ0n) is 15.9. The lowest BCUT2D eigenvalue weighted by molar-refractivity contribution is -0.152. The highest BCUT2D eigenvalue weighted by molar-refractivity contribution is 5.87. The fraction of sp³-hybridized carbons (Fsp3) is 0.619. The van der Waals surface area contributed by atoms with Gasteiger partial charge in [-0.15, -0.1) is 0 Å². The van der Waals surface area contributed by atoms with Gasteiger partial charge in [-0.25, -0.2) is 5.48 Å². The Morgan fingerprint density at radius 2 is 1.96 bits per heavy atom. The molecule has 6 nitrogen and oxygen atoms in total. The fourth-order valence-corrected chi connectivity index (χ4v) is 4.82. The zero-order valence-corrected chi connectivity index (χ0v) is 15.9. The highest BCUT2D eigenvalue weighted by atomic mass is 16.5. The average Bonchev–Trinajstić information content (AvgIpc) is 3.18. The summed E-state index contributed by atoms with van der Waals surface area (Å²) >= 11 is 0. The Kier molecular flexibility index (Phi) is 6.17. The largest absolute Gasteiger partial charge is 0.390 e. The van der Waals surface area contributed by atoms with Crippen LogP contribution in [-0.2, 0) is 9.59 Å². The maximum Gasteiger partial charge on any atom is 0.247 e. The second kappa shape index (κ2) is 8.40. The van der Waals surface area contributed by atoms with Gasteiger partial charge >= 0.3 is 0 Å². The highest BCUT2D eigenvalue weighted by Gasteiger charge is 2.46. The summed E-state index contributed by atoms with van der Waals surface area (Å²) in [6, 6.07) is 10.2. The van der Waals surface area contributed by atoms with Gasteiger partial charge in [0.15, 0.2) is 0 Å². The molecule has 0 radical (unpaired) electrons. The number of nitrogens with one attached hydrogen (secondary N) is 1. The van der Waals surface area contributed by atoms with Gasteiger partial charge in [0.2, 0.25) is 11.8 Å². The normalized spacial score (nSPS) is 30.9. The van der Waals surface area contributed by atoms with E-state index in [0.29, 0.717) is 38.3 Å². The number of carbonyl (C=O) groups is 2. The molecular formula is C21H30N2O4. The third-order valence-electron chi connectivity index (χ3n) is 6.26. The molecule has 1 heterocycles. The quantitative estimate of drug-likeness (QED) is 0.545. The lowest BCUT2D eigenvalue weighted by Crippen LogP contribution is -2.50. The van der Waals surface area contributed by atoms with Crippen LogP contribution in [0.15, 0.2) is 30.3 Å². The Morgan fingerprint density at radius 3 is 2.63 bits per heavy atom. The Labute approximate surface area is 160 Å². The summed E-state index contributed by atoms with van der Waals surface area (Å²) in [5.74, 6) is -1.45. The SMILES string of the molecule is CCCC1(O)CCC(C(=O)N2CC[C@H](c3ccccc3)C2)C(C(=O)NO)C1. The van der Waals surface area contributed by atoms with Gasteiger partial charge in [-0.2, -0.15) is 0 Å². The van der Waals surface area contributed by atoms with Crippen molar-refractivity contribution < 1.29 is 19.9 Å². The summed E-state index contributed by atoms with van der Waals surface area (Å²) < 4.78 is 0. The Balaban J connectivity index is 1.70. The number of hydrogen-bond donors (Lipinski definition) is 3. The average molecular weight is 374 g/mol. The summed E-state index contributed by atoms with van der Waals surface area (Å²) in [4.78, 5) is 27.2. The van der Waals surface area contributed by atoms with Crippen molar-refractivity contribution in [1.82, 2.24) is 10.4 Å². The molecule has 1 aliphatic carbocycles. The van der Waals surface area contributed by atoms with E-state index >= 15 is 0 Å². The van der Waals surface area contributed by atoms with E-state index in [2.05, 4.69) is 12.1 Å². The van der Waals surface area contributed by atoms with Gasteiger partial charge in [-0.1, -0.05) is 43.7 Å². The number of benzene rings is 1. The molecule has 1 aromatic carbocycles. The lowest BCUT2D eigenvalue weighted by Gasteiger charge is -2.41. The molecule has 1 saturated heterocycles. The molecule has 27 heavy (non-hydrogen) atoms. The van der Waals surface area contributed by atoms with Crippen LogP contribution in [0.2, 0.25) is 0 Å². The molecule has 2 aliphatic rings. The van der Waals surface area contributed by atoms with Crippen LogP contribution < -0.4 is 5.48 Å². The van der Waals surface area contributed by atoms with Gasteiger partial charge in [-0.05, 0) is 37.7 Å². The summed E-state index contributed by atoms with van der Waals surface area (Å²) in [7, 11) is 0. The maximum absolute atomic E-state index is 13.2. The molecule has 2 amide bonds. The van der Waals surface area contributed by atoms with Crippen LogP contribution in [0.5, 0.6) is 0 Å². The van der Waals surface area contributed by atoms with Crippen molar-refractivity contribution >= 4 is 11.8 Å². The third kappa shape index (κ3) is 4.33. The molecule has 6 heteroatoms. The molecule has 4 atom stereocenters. The fourth-order valence-electron chi connectivity index (χ4n) is 4.82. The van der Waals surface area contributed by atoms with Gasteiger partial charge < -0.3 is 10.0 Å². The van der Waals surface area contributed by atoms with E-state index in [0.717, 1.165) is 12.8 Å². The number of carbonyl (C=O) groups excluding carboxylic acids is 2. The van der Waals surface area contributed by atoms with Gasteiger partial charge in [-0.3, -0.25) is 14.8 Å². The monoisotopic (exact) mass is 374 g/mol. The summed E-state index contributed by atoms with van der Waals surface area (Å²) in [6.07, 6.45) is 3.54. The number of amides is 2. The van der Waals surface area contributed by atoms with E-state index in [1.807, 2.05) is 30.0 Å². The van der Waals surface area contributed by atoms with E-state index in [4.69, 9.17) is 5.21 Å². The second-order valence-electron chi connectivity index (χ2n) is 8.09. The van der Waals surface area contributed by atoms with Gasteiger partial charge in [0.25, 0.3) is 0 Å². The highest BCUT2D eigenvalue weighted by Crippen LogP contribution is 2.41.